The van der Waals surface area contributed by atoms with Crippen LogP contribution in [-0.4, -0.2) is 26.2 Å². The molecule has 1 aromatic rings. The summed E-state index contributed by atoms with van der Waals surface area (Å²) in [5, 5.41) is 3.74. The van der Waals surface area contributed by atoms with Crippen LogP contribution in [0, 0.1) is 18.8 Å². The number of benzene rings is 1. The Bertz CT molecular complexity index is 570. The van der Waals surface area contributed by atoms with Crippen molar-refractivity contribution >= 4 is 5.69 Å². The van der Waals surface area contributed by atoms with E-state index in [9.17, 15) is 0 Å². The Balaban J connectivity index is 1.58. The van der Waals surface area contributed by atoms with Gasteiger partial charge in [-0.1, -0.05) is 41.5 Å². The van der Waals surface area contributed by atoms with Crippen molar-refractivity contribution in [3.63, 3.8) is 0 Å². The van der Waals surface area contributed by atoms with E-state index < -0.39 is 0 Å². The molecule has 0 amide bonds. The number of aryl methyl sites for hydroxylation is 1. The first kappa shape index (κ1) is 16.3. The number of nitrogens with zero attached hydrogens (tertiary/aromatic N) is 1. The summed E-state index contributed by atoms with van der Waals surface area (Å²) in [4.78, 5) is 2.42. The maximum absolute atomic E-state index is 3.74. The second kappa shape index (κ2) is 7.35. The van der Waals surface area contributed by atoms with Gasteiger partial charge in [-0.3, -0.25) is 0 Å². The minimum absolute atomic E-state index is 0.550. The smallest absolute Gasteiger partial charge is 0.0363 e. The number of hydrogen-bond donors (Lipinski definition) is 1. The summed E-state index contributed by atoms with van der Waals surface area (Å²) < 4.78 is 0. The zero-order valence-electron chi connectivity index (χ0n) is 14.8. The Morgan fingerprint density at radius 3 is 2.65 bits per heavy atom. The SMILES string of the molecule is CC1=CC2CCC(CN(C)c3ccc(C)cc3)CCNC2C=C1. The van der Waals surface area contributed by atoms with Gasteiger partial charge in [-0.25, -0.2) is 0 Å². The quantitative estimate of drug-likeness (QED) is 0.894. The first-order valence-corrected chi connectivity index (χ1v) is 8.99. The van der Waals surface area contributed by atoms with Gasteiger partial charge in [-0.05, 0) is 63.6 Å². The van der Waals surface area contributed by atoms with Crippen LogP contribution in [0.15, 0.2) is 48.1 Å². The summed E-state index contributed by atoms with van der Waals surface area (Å²) in [7, 11) is 2.23. The predicted molar refractivity (Wildman–Crippen MR) is 100.0 cm³/mol. The number of fused-ring (bicyclic) bond motifs is 1. The molecule has 1 saturated heterocycles. The van der Waals surface area contributed by atoms with E-state index >= 15 is 0 Å². The molecule has 23 heavy (non-hydrogen) atoms. The fraction of sp³-hybridized carbons (Fsp3) is 0.524. The fourth-order valence-corrected chi connectivity index (χ4v) is 3.88. The van der Waals surface area contributed by atoms with Gasteiger partial charge >= 0.3 is 0 Å². The minimum atomic E-state index is 0.550. The molecule has 1 aliphatic carbocycles. The van der Waals surface area contributed by atoms with Gasteiger partial charge in [0.15, 0.2) is 0 Å². The van der Waals surface area contributed by atoms with Crippen molar-refractivity contribution in [3.8, 4) is 0 Å². The van der Waals surface area contributed by atoms with Crippen LogP contribution in [0.3, 0.4) is 0 Å². The lowest BCUT2D eigenvalue weighted by molar-refractivity contribution is 0.324. The summed E-state index contributed by atoms with van der Waals surface area (Å²) >= 11 is 0. The van der Waals surface area contributed by atoms with E-state index in [0.717, 1.165) is 19.0 Å². The maximum Gasteiger partial charge on any atom is 0.0363 e. The van der Waals surface area contributed by atoms with Gasteiger partial charge in [0.2, 0.25) is 0 Å². The second-order valence-corrected chi connectivity index (χ2v) is 7.36. The molecule has 1 fully saturated rings. The molecular weight excluding hydrogens is 280 g/mol. The van der Waals surface area contributed by atoms with Crippen LogP contribution in [0.5, 0.6) is 0 Å². The topological polar surface area (TPSA) is 15.3 Å². The zero-order chi connectivity index (χ0) is 16.2. The monoisotopic (exact) mass is 310 g/mol. The lowest BCUT2D eigenvalue weighted by atomic mass is 9.83. The molecule has 0 radical (unpaired) electrons. The molecule has 0 spiro atoms. The molecule has 1 aliphatic heterocycles. The van der Waals surface area contributed by atoms with Crippen LogP contribution in [0.1, 0.15) is 31.7 Å². The molecule has 2 heteroatoms. The number of anilines is 1. The van der Waals surface area contributed by atoms with E-state index in [1.807, 2.05) is 0 Å². The summed E-state index contributed by atoms with van der Waals surface area (Å²) in [6.07, 6.45) is 11.0. The summed E-state index contributed by atoms with van der Waals surface area (Å²) in [6, 6.07) is 9.44. The molecule has 3 unspecified atom stereocenters. The Kier molecular flexibility index (Phi) is 5.22. The average Bonchev–Trinajstić information content (AvgIpc) is 2.52. The van der Waals surface area contributed by atoms with Crippen molar-refractivity contribution in [1.29, 1.82) is 0 Å². The van der Waals surface area contributed by atoms with Gasteiger partial charge < -0.3 is 10.2 Å². The van der Waals surface area contributed by atoms with Crippen molar-refractivity contribution in [2.45, 2.75) is 39.2 Å². The molecule has 0 bridgehead atoms. The van der Waals surface area contributed by atoms with E-state index in [0.29, 0.717) is 12.0 Å². The molecule has 1 heterocycles. The Morgan fingerprint density at radius 1 is 1.09 bits per heavy atom. The molecule has 3 rings (SSSR count). The van der Waals surface area contributed by atoms with Gasteiger partial charge in [-0.15, -0.1) is 0 Å². The molecule has 1 N–H and O–H groups in total. The van der Waals surface area contributed by atoms with Crippen molar-refractivity contribution in [2.75, 3.05) is 25.0 Å². The zero-order valence-corrected chi connectivity index (χ0v) is 14.8. The van der Waals surface area contributed by atoms with Crippen molar-refractivity contribution in [1.82, 2.24) is 5.32 Å². The Labute approximate surface area is 141 Å². The summed E-state index contributed by atoms with van der Waals surface area (Å²) in [5.41, 5.74) is 4.08. The maximum atomic E-state index is 3.74. The van der Waals surface area contributed by atoms with Crippen LogP contribution in [0.2, 0.25) is 0 Å². The second-order valence-electron chi connectivity index (χ2n) is 7.36. The predicted octanol–water partition coefficient (Wildman–Crippen LogP) is 4.32. The van der Waals surface area contributed by atoms with Crippen LogP contribution in [-0.2, 0) is 0 Å². The Hall–Kier alpha value is -1.54. The third-order valence-corrected chi connectivity index (χ3v) is 5.35. The third-order valence-electron chi connectivity index (χ3n) is 5.35. The standard InChI is InChI=1S/C21H30N2/c1-16-4-9-20(10-5-16)23(3)15-18-7-8-19-14-17(2)6-11-21(19)22-13-12-18/h4-6,9-11,14,18-19,21-22H,7-8,12-13,15H2,1-3H3. The average molecular weight is 310 g/mol. The van der Waals surface area contributed by atoms with Gasteiger partial charge in [0.1, 0.15) is 0 Å². The summed E-state index contributed by atoms with van der Waals surface area (Å²) in [6.45, 7) is 6.65. The minimum Gasteiger partial charge on any atom is -0.374 e. The number of hydrogen-bond acceptors (Lipinski definition) is 2. The molecule has 124 valence electrons. The first-order valence-electron chi connectivity index (χ1n) is 8.99. The van der Waals surface area contributed by atoms with Crippen LogP contribution < -0.4 is 10.2 Å². The fourth-order valence-electron chi connectivity index (χ4n) is 3.88. The molecule has 3 atom stereocenters. The van der Waals surface area contributed by atoms with Crippen molar-refractivity contribution in [3.05, 3.63) is 53.6 Å². The highest BCUT2D eigenvalue weighted by Gasteiger charge is 2.24. The van der Waals surface area contributed by atoms with E-state index in [-0.39, 0.29) is 0 Å². The van der Waals surface area contributed by atoms with Gasteiger partial charge in [0.25, 0.3) is 0 Å². The largest absolute Gasteiger partial charge is 0.374 e. The first-order chi connectivity index (χ1) is 11.1. The number of nitrogens with one attached hydrogen (secondary N) is 1. The van der Waals surface area contributed by atoms with Crippen molar-refractivity contribution in [2.24, 2.45) is 11.8 Å². The number of rotatable bonds is 3. The molecule has 1 aromatic carbocycles. The van der Waals surface area contributed by atoms with Crippen LogP contribution >= 0.6 is 0 Å². The lowest BCUT2D eigenvalue weighted by Gasteiger charge is -2.33. The third kappa shape index (κ3) is 4.26. The lowest BCUT2D eigenvalue weighted by Crippen LogP contribution is -2.40. The van der Waals surface area contributed by atoms with Crippen LogP contribution in [0.25, 0.3) is 0 Å². The van der Waals surface area contributed by atoms with Crippen molar-refractivity contribution < 1.29 is 0 Å². The van der Waals surface area contributed by atoms with Gasteiger partial charge in [-0.2, -0.15) is 0 Å². The highest BCUT2D eigenvalue weighted by molar-refractivity contribution is 5.46. The normalized spacial score (nSPS) is 27.6. The Morgan fingerprint density at radius 2 is 1.87 bits per heavy atom. The van der Waals surface area contributed by atoms with E-state index in [4.69, 9.17) is 0 Å². The van der Waals surface area contributed by atoms with Gasteiger partial charge in [0, 0.05) is 25.3 Å². The van der Waals surface area contributed by atoms with E-state index in [1.165, 1.54) is 36.1 Å². The number of allylic oxidation sites excluding steroid dienone is 2. The molecule has 2 nitrogen and oxygen atoms in total. The van der Waals surface area contributed by atoms with E-state index in [2.05, 4.69) is 73.6 Å². The molecule has 0 saturated carbocycles. The molecular formula is C21H30N2. The highest BCUT2D eigenvalue weighted by Crippen LogP contribution is 2.28. The van der Waals surface area contributed by atoms with Gasteiger partial charge in [0.05, 0.1) is 0 Å². The van der Waals surface area contributed by atoms with E-state index in [1.54, 1.807) is 0 Å². The van der Waals surface area contributed by atoms with Crippen LogP contribution in [0.4, 0.5) is 5.69 Å². The molecule has 2 aliphatic rings. The summed E-state index contributed by atoms with van der Waals surface area (Å²) in [5.74, 6) is 1.45. The molecule has 0 aromatic heterocycles. The highest BCUT2D eigenvalue weighted by atomic mass is 15.1.